The maximum absolute atomic E-state index is 12.5. The number of ether oxygens (including phenoxy) is 8. The van der Waals surface area contributed by atoms with Crippen molar-refractivity contribution in [3.63, 3.8) is 0 Å². The highest BCUT2D eigenvalue weighted by Gasteiger charge is 2.38. The first-order valence-electron chi connectivity index (χ1n) is 28.6. The quantitative estimate of drug-likeness (QED) is 0.0858. The third-order valence-corrected chi connectivity index (χ3v) is 15.6. The third-order valence-electron chi connectivity index (χ3n) is 15.6. The fourth-order valence-corrected chi connectivity index (χ4v) is 11.1. The second-order valence-corrected chi connectivity index (χ2v) is 23.6. The number of esters is 2. The van der Waals surface area contributed by atoms with Crippen molar-refractivity contribution in [1.29, 1.82) is 0 Å². The summed E-state index contributed by atoms with van der Waals surface area (Å²) >= 11 is 0. The molecule has 0 spiro atoms. The van der Waals surface area contributed by atoms with Crippen LogP contribution in [0.3, 0.4) is 0 Å². The topological polar surface area (TPSA) is 114 Å². The summed E-state index contributed by atoms with van der Waals surface area (Å²) in [7, 11) is 0. The average Bonchev–Trinajstić information content (AvgIpc) is 3.60. The molecule has 0 saturated carbocycles. The van der Waals surface area contributed by atoms with Crippen LogP contribution in [0.25, 0.3) is 22.3 Å². The Bertz CT molecular complexity index is 3040. The van der Waals surface area contributed by atoms with Crippen LogP contribution in [0.4, 0.5) is 0 Å². The molecule has 6 aromatic carbocycles. The van der Waals surface area contributed by atoms with Crippen molar-refractivity contribution >= 4 is 34.2 Å². The molecule has 6 aliphatic heterocycles. The van der Waals surface area contributed by atoms with Gasteiger partial charge in [-0.05, 0) is 165 Å². The Hall–Kier alpha value is -7.54. The van der Waals surface area contributed by atoms with Gasteiger partial charge in [-0.15, -0.1) is 0 Å². The van der Waals surface area contributed by atoms with Crippen LogP contribution in [0.2, 0.25) is 0 Å². The van der Waals surface area contributed by atoms with Gasteiger partial charge in [0.05, 0.1) is 10.8 Å². The van der Waals surface area contributed by atoms with Crippen LogP contribution in [0, 0.1) is 10.8 Å². The van der Waals surface area contributed by atoms with Crippen LogP contribution >= 0.6 is 0 Å². The van der Waals surface area contributed by atoms with Gasteiger partial charge in [-0.2, -0.15) is 0 Å². The van der Waals surface area contributed by atoms with Gasteiger partial charge in [-0.3, -0.25) is 19.4 Å². The smallest absolute Gasteiger partial charge is 0.316 e. The van der Waals surface area contributed by atoms with Crippen molar-refractivity contribution in [2.24, 2.45) is 10.8 Å². The van der Waals surface area contributed by atoms with Crippen molar-refractivity contribution in [2.75, 3.05) is 65.7 Å². The number of hydrogen-bond donors (Lipinski definition) is 0. The van der Waals surface area contributed by atoms with Gasteiger partial charge in [-0.1, -0.05) is 73.5 Å². The number of hydrogen-bond acceptors (Lipinski definition) is 12. The summed E-state index contributed by atoms with van der Waals surface area (Å²) in [5, 5.41) is 0. The number of fused-ring (bicyclic) bond motifs is 8. The highest BCUT2D eigenvalue weighted by Crippen LogP contribution is 2.53. The lowest BCUT2D eigenvalue weighted by molar-refractivity contribution is -0.143. The van der Waals surface area contributed by atoms with Gasteiger partial charge in [0.25, 0.3) is 0 Å². The van der Waals surface area contributed by atoms with Crippen molar-refractivity contribution in [2.45, 2.75) is 92.3 Å². The maximum Gasteiger partial charge on any atom is 0.316 e. The minimum absolute atomic E-state index is 0.283. The molecular formula is C68H74N2O10. The Balaban J connectivity index is 0.000000169. The van der Waals surface area contributed by atoms with E-state index in [2.05, 4.69) is 46.2 Å². The van der Waals surface area contributed by atoms with E-state index in [0.717, 1.165) is 91.8 Å². The summed E-state index contributed by atoms with van der Waals surface area (Å²) in [6.07, 6.45) is 7.21. The summed E-state index contributed by atoms with van der Waals surface area (Å²) < 4.78 is 49.2. The second kappa shape index (κ2) is 23.7. The summed E-state index contributed by atoms with van der Waals surface area (Å²) in [6.45, 7) is 19.9. The molecule has 6 heterocycles. The Labute approximate surface area is 471 Å². The molecule has 0 amide bonds. The van der Waals surface area contributed by atoms with Crippen molar-refractivity contribution < 1.29 is 47.5 Å². The third kappa shape index (κ3) is 12.3. The normalized spacial score (nSPS) is 18.5. The van der Waals surface area contributed by atoms with Crippen molar-refractivity contribution in [3.8, 4) is 46.0 Å². The molecule has 2 atom stereocenters. The molecule has 0 aromatic heterocycles. The van der Waals surface area contributed by atoms with Crippen LogP contribution in [0.1, 0.15) is 126 Å². The van der Waals surface area contributed by atoms with Gasteiger partial charge in [0.1, 0.15) is 72.4 Å². The molecule has 0 N–H and O–H groups in total. The van der Waals surface area contributed by atoms with Crippen molar-refractivity contribution in [3.05, 3.63) is 167 Å². The molecule has 2 saturated heterocycles. The molecule has 12 heteroatoms. The number of carbonyl (C=O) groups excluding carboxylic acids is 2. The molecule has 12 rings (SSSR count). The Morgan fingerprint density at radius 1 is 0.450 bits per heavy atom. The van der Waals surface area contributed by atoms with Gasteiger partial charge < -0.3 is 37.9 Å². The van der Waals surface area contributed by atoms with E-state index in [4.69, 9.17) is 37.9 Å². The molecule has 0 bridgehead atoms. The summed E-state index contributed by atoms with van der Waals surface area (Å²) in [5.41, 5.74) is 9.24. The minimum atomic E-state index is -0.595. The molecule has 416 valence electrons. The second-order valence-electron chi connectivity index (χ2n) is 23.6. The molecule has 80 heavy (non-hydrogen) atoms. The van der Waals surface area contributed by atoms with E-state index in [-0.39, 0.29) is 24.1 Å². The van der Waals surface area contributed by atoms with Gasteiger partial charge in [0, 0.05) is 69.8 Å². The fraction of sp³-hybridized carbons (Fsp3) is 0.382. The maximum atomic E-state index is 12.5. The first-order chi connectivity index (χ1) is 38.7. The van der Waals surface area contributed by atoms with Gasteiger partial charge in [-0.25, -0.2) is 0 Å². The number of benzene rings is 6. The van der Waals surface area contributed by atoms with E-state index in [1.807, 2.05) is 126 Å². The highest BCUT2D eigenvalue weighted by molar-refractivity contribution is 6.01. The first-order valence-corrected chi connectivity index (χ1v) is 28.6. The Morgan fingerprint density at radius 3 is 1.21 bits per heavy atom. The Kier molecular flexibility index (Phi) is 16.1. The number of rotatable bonds is 12. The molecular weight excluding hydrogens is 1000 g/mol. The van der Waals surface area contributed by atoms with E-state index in [9.17, 15) is 9.59 Å². The van der Waals surface area contributed by atoms with E-state index < -0.39 is 10.8 Å². The minimum Gasteiger partial charge on any atom is -0.492 e. The Morgan fingerprint density at radius 2 is 0.825 bits per heavy atom. The number of carbonyl (C=O) groups is 2. The number of nitrogens with zero attached hydrogens (tertiary/aromatic N) is 2. The average molecular weight is 1080 g/mol. The lowest BCUT2D eigenvalue weighted by atomic mass is 9.84. The molecule has 0 unspecified atom stereocenters. The molecule has 12 nitrogen and oxygen atoms in total. The van der Waals surface area contributed by atoms with Gasteiger partial charge >= 0.3 is 11.9 Å². The van der Waals surface area contributed by atoms with E-state index >= 15 is 0 Å². The zero-order chi connectivity index (χ0) is 55.4. The van der Waals surface area contributed by atoms with Crippen LogP contribution in [-0.2, 0) is 9.59 Å². The van der Waals surface area contributed by atoms with E-state index in [1.165, 1.54) is 64.7 Å². The highest BCUT2D eigenvalue weighted by atomic mass is 16.5. The molecule has 6 aromatic rings. The standard InChI is InChI=1S/2C34H37NO5/c2*1-34(2,3)33(36)39-25-15-16-27-30(21-25)38-22-28-26-9-5-6-10-29(26)40-32(31(27)28)23-11-13-24(14-12-23)37-20-19-35-17-7-4-8-18-35/h2*5-6,9-16,21,32H,4,7-8,17-20,22H2,1-3H3/t2*32-/m10/s1. The van der Waals surface area contributed by atoms with E-state index in [1.54, 1.807) is 12.1 Å². The fourth-order valence-electron chi connectivity index (χ4n) is 11.1. The lowest BCUT2D eigenvalue weighted by Crippen LogP contribution is -2.33. The molecule has 0 radical (unpaired) electrons. The van der Waals surface area contributed by atoms with Crippen LogP contribution in [0.5, 0.6) is 46.0 Å². The predicted octanol–water partition coefficient (Wildman–Crippen LogP) is 13.9. The zero-order valence-corrected chi connectivity index (χ0v) is 47.1. The lowest BCUT2D eigenvalue weighted by Gasteiger charge is -2.35. The zero-order valence-electron chi connectivity index (χ0n) is 47.1. The largest absolute Gasteiger partial charge is 0.492 e. The van der Waals surface area contributed by atoms with Gasteiger partial charge in [0.2, 0.25) is 0 Å². The molecule has 2 fully saturated rings. The predicted molar refractivity (Wildman–Crippen MR) is 312 cm³/mol. The monoisotopic (exact) mass is 1080 g/mol. The summed E-state index contributed by atoms with van der Waals surface area (Å²) in [4.78, 5) is 29.9. The molecule has 0 aliphatic carbocycles. The van der Waals surface area contributed by atoms with Crippen LogP contribution < -0.4 is 37.9 Å². The van der Waals surface area contributed by atoms with Crippen molar-refractivity contribution in [1.82, 2.24) is 9.80 Å². The number of likely N-dealkylation sites (tertiary alicyclic amines) is 2. The first kappa shape index (κ1) is 54.4. The number of piperidine rings is 2. The molecule has 6 aliphatic rings. The van der Waals surface area contributed by atoms with Gasteiger partial charge in [0.15, 0.2) is 12.2 Å². The summed E-state index contributed by atoms with van der Waals surface area (Å²) in [5.74, 6) is 5.17. The summed E-state index contributed by atoms with van der Waals surface area (Å²) in [6, 6.07) is 43.9. The number of para-hydroxylation sites is 2. The van der Waals surface area contributed by atoms with Crippen LogP contribution in [0.15, 0.2) is 133 Å². The SMILES string of the molecule is CC(C)(C)C(=O)Oc1ccc2c(c1)OCC1=C2[C@@H](c2ccc(OCCN3CCCCC3)cc2)Oc2ccccc21.CC(C)(C)C(=O)Oc1ccc2c(c1)OCC1=C2[C@H](c2ccc(OCCN3CCCCC3)cc2)Oc2ccccc21. The van der Waals surface area contributed by atoms with E-state index in [0.29, 0.717) is 49.4 Å². The van der Waals surface area contributed by atoms with Crippen LogP contribution in [-0.4, -0.2) is 87.4 Å².